The second kappa shape index (κ2) is 6.56. The molecule has 1 aliphatic carbocycles. The fourth-order valence-corrected chi connectivity index (χ4v) is 3.02. The molecule has 1 aliphatic rings. The topological polar surface area (TPSA) is 29.0 Å². The van der Waals surface area contributed by atoms with E-state index in [0.717, 1.165) is 23.6 Å². The molecule has 1 aromatic heterocycles. The van der Waals surface area contributed by atoms with Crippen LogP contribution in [-0.4, -0.2) is 23.1 Å². The Balaban J connectivity index is 2.26. The number of hydrogen-bond acceptors (Lipinski definition) is 3. The van der Waals surface area contributed by atoms with E-state index in [-0.39, 0.29) is 0 Å². The van der Waals surface area contributed by atoms with Gasteiger partial charge in [0.1, 0.15) is 16.8 Å². The Kier molecular flexibility index (Phi) is 5.03. The van der Waals surface area contributed by atoms with E-state index < -0.39 is 0 Å². The number of hydrogen-bond donors (Lipinski definition) is 0. The molecule has 0 saturated heterocycles. The third kappa shape index (κ3) is 3.38. The predicted octanol–water partition coefficient (Wildman–Crippen LogP) is 4.16. The first kappa shape index (κ1) is 14.6. The maximum atomic E-state index is 6.24. The van der Waals surface area contributed by atoms with Crippen LogP contribution in [0.4, 0.5) is 5.82 Å². The van der Waals surface area contributed by atoms with Gasteiger partial charge in [0.15, 0.2) is 0 Å². The van der Waals surface area contributed by atoms with Gasteiger partial charge in [0.05, 0.1) is 0 Å². The van der Waals surface area contributed by atoms with Crippen molar-refractivity contribution in [3.63, 3.8) is 0 Å². The summed E-state index contributed by atoms with van der Waals surface area (Å²) in [5.41, 5.74) is 1.01. The molecule has 0 aromatic carbocycles. The van der Waals surface area contributed by atoms with Crippen LogP contribution in [0.15, 0.2) is 0 Å². The molecule has 0 amide bonds. The minimum Gasteiger partial charge on any atom is -0.356 e. The molecule has 106 valence electrons. The van der Waals surface area contributed by atoms with Crippen molar-refractivity contribution in [3.05, 3.63) is 16.5 Å². The lowest BCUT2D eigenvalue weighted by atomic mass is 10.1. The van der Waals surface area contributed by atoms with Crippen LogP contribution in [0.5, 0.6) is 0 Å². The first-order valence-electron chi connectivity index (χ1n) is 7.39. The Morgan fingerprint density at radius 1 is 1.16 bits per heavy atom. The molecule has 0 spiro atoms. The van der Waals surface area contributed by atoms with Crippen LogP contribution in [0, 0.1) is 6.92 Å². The smallest absolute Gasteiger partial charge is 0.137 e. The first-order chi connectivity index (χ1) is 9.13. The van der Waals surface area contributed by atoms with Crippen LogP contribution in [0.25, 0.3) is 0 Å². The highest BCUT2D eigenvalue weighted by molar-refractivity contribution is 6.30. The molecule has 1 aromatic rings. The summed E-state index contributed by atoms with van der Waals surface area (Å²) in [4.78, 5) is 11.3. The quantitative estimate of drug-likeness (QED) is 0.615. The largest absolute Gasteiger partial charge is 0.356 e. The highest BCUT2D eigenvalue weighted by atomic mass is 35.5. The molecule has 1 saturated carbocycles. The number of halogens is 1. The molecule has 0 unspecified atom stereocenters. The van der Waals surface area contributed by atoms with Crippen LogP contribution in [0.3, 0.4) is 0 Å². The fraction of sp³-hybridized carbons (Fsp3) is 0.733. The van der Waals surface area contributed by atoms with Crippen molar-refractivity contribution in [2.24, 2.45) is 0 Å². The number of nitrogens with zero attached hydrogens (tertiary/aromatic N) is 3. The molecule has 19 heavy (non-hydrogen) atoms. The Morgan fingerprint density at radius 3 is 2.37 bits per heavy atom. The standard InChI is InChI=1S/C15H24ClN3/c1-4-13-17-14(16)11(2)15(18-13)19(3)12-9-7-5-6-8-10-12/h12H,4-10H2,1-3H3. The molecule has 0 atom stereocenters. The van der Waals surface area contributed by atoms with E-state index in [1.807, 2.05) is 6.92 Å². The van der Waals surface area contributed by atoms with E-state index in [1.165, 1.54) is 38.5 Å². The lowest BCUT2D eigenvalue weighted by Crippen LogP contribution is -2.32. The second-order valence-electron chi connectivity index (χ2n) is 5.49. The van der Waals surface area contributed by atoms with E-state index in [0.29, 0.717) is 11.2 Å². The number of aromatic nitrogens is 2. The van der Waals surface area contributed by atoms with Crippen LogP contribution in [0.2, 0.25) is 5.15 Å². The molecule has 0 N–H and O–H groups in total. The van der Waals surface area contributed by atoms with Crippen LogP contribution in [0.1, 0.15) is 56.8 Å². The Hall–Kier alpha value is -0.830. The third-order valence-electron chi connectivity index (χ3n) is 4.13. The molecule has 1 fully saturated rings. The lowest BCUT2D eigenvalue weighted by Gasteiger charge is -2.29. The summed E-state index contributed by atoms with van der Waals surface area (Å²) in [6, 6.07) is 0.594. The zero-order valence-electron chi connectivity index (χ0n) is 12.2. The van der Waals surface area contributed by atoms with Gasteiger partial charge in [-0.3, -0.25) is 0 Å². The number of anilines is 1. The van der Waals surface area contributed by atoms with Crippen molar-refractivity contribution >= 4 is 17.4 Å². The van der Waals surface area contributed by atoms with Crippen molar-refractivity contribution in [1.82, 2.24) is 9.97 Å². The van der Waals surface area contributed by atoms with Gasteiger partial charge in [-0.1, -0.05) is 44.2 Å². The van der Waals surface area contributed by atoms with Crippen molar-refractivity contribution < 1.29 is 0 Å². The molecule has 1 heterocycles. The van der Waals surface area contributed by atoms with Crippen LogP contribution in [-0.2, 0) is 6.42 Å². The molecule has 4 heteroatoms. The van der Waals surface area contributed by atoms with Gasteiger partial charge in [-0.2, -0.15) is 0 Å². The molecule has 2 rings (SSSR count). The van der Waals surface area contributed by atoms with Gasteiger partial charge >= 0.3 is 0 Å². The Morgan fingerprint density at radius 2 is 1.79 bits per heavy atom. The summed E-state index contributed by atoms with van der Waals surface area (Å²) in [6.45, 7) is 4.08. The van der Waals surface area contributed by atoms with Gasteiger partial charge < -0.3 is 4.90 Å². The lowest BCUT2D eigenvalue weighted by molar-refractivity contribution is 0.547. The van der Waals surface area contributed by atoms with Gasteiger partial charge in [0.2, 0.25) is 0 Å². The minimum absolute atomic E-state index is 0.594. The maximum Gasteiger partial charge on any atom is 0.137 e. The summed E-state index contributed by atoms with van der Waals surface area (Å²) < 4.78 is 0. The molecule has 0 radical (unpaired) electrons. The van der Waals surface area contributed by atoms with Gasteiger partial charge in [-0.15, -0.1) is 0 Å². The second-order valence-corrected chi connectivity index (χ2v) is 5.85. The monoisotopic (exact) mass is 281 g/mol. The van der Waals surface area contributed by atoms with Crippen molar-refractivity contribution in [2.75, 3.05) is 11.9 Å². The van der Waals surface area contributed by atoms with E-state index in [4.69, 9.17) is 11.6 Å². The van der Waals surface area contributed by atoms with Crippen molar-refractivity contribution in [2.45, 2.75) is 64.8 Å². The number of aryl methyl sites for hydroxylation is 1. The molecule has 0 bridgehead atoms. The third-order valence-corrected chi connectivity index (χ3v) is 4.50. The minimum atomic E-state index is 0.594. The van der Waals surface area contributed by atoms with Crippen molar-refractivity contribution in [3.8, 4) is 0 Å². The van der Waals surface area contributed by atoms with Crippen LogP contribution < -0.4 is 4.90 Å². The van der Waals surface area contributed by atoms with E-state index in [2.05, 4.69) is 28.8 Å². The molecular weight excluding hydrogens is 258 g/mol. The highest BCUT2D eigenvalue weighted by Crippen LogP contribution is 2.28. The fourth-order valence-electron chi connectivity index (χ4n) is 2.84. The summed E-state index contributed by atoms with van der Waals surface area (Å²) in [5, 5.41) is 0.599. The SMILES string of the molecule is CCc1nc(Cl)c(C)c(N(C)C2CCCCCC2)n1. The van der Waals surface area contributed by atoms with E-state index in [1.54, 1.807) is 0 Å². The zero-order valence-corrected chi connectivity index (χ0v) is 13.0. The average Bonchev–Trinajstić information content (AvgIpc) is 2.70. The highest BCUT2D eigenvalue weighted by Gasteiger charge is 2.21. The summed E-state index contributed by atoms with van der Waals surface area (Å²) in [7, 11) is 2.15. The van der Waals surface area contributed by atoms with Crippen LogP contribution >= 0.6 is 11.6 Å². The van der Waals surface area contributed by atoms with Crippen molar-refractivity contribution in [1.29, 1.82) is 0 Å². The van der Waals surface area contributed by atoms with E-state index in [9.17, 15) is 0 Å². The van der Waals surface area contributed by atoms with Gasteiger partial charge in [-0.25, -0.2) is 9.97 Å². The predicted molar refractivity (Wildman–Crippen MR) is 81.1 cm³/mol. The number of rotatable bonds is 3. The first-order valence-corrected chi connectivity index (χ1v) is 7.77. The summed E-state index contributed by atoms with van der Waals surface area (Å²) >= 11 is 6.24. The van der Waals surface area contributed by atoms with Gasteiger partial charge in [0.25, 0.3) is 0 Å². The van der Waals surface area contributed by atoms with E-state index >= 15 is 0 Å². The van der Waals surface area contributed by atoms with Gasteiger partial charge in [0, 0.05) is 25.1 Å². The molecular formula is C15H24ClN3. The molecule has 3 nitrogen and oxygen atoms in total. The van der Waals surface area contributed by atoms with Gasteiger partial charge in [-0.05, 0) is 19.8 Å². The Bertz CT molecular complexity index is 426. The summed E-state index contributed by atoms with van der Waals surface area (Å²) in [5.74, 6) is 1.86. The molecule has 0 aliphatic heterocycles. The average molecular weight is 282 g/mol. The normalized spacial score (nSPS) is 17.3. The Labute approximate surface area is 121 Å². The zero-order chi connectivity index (χ0) is 13.8. The maximum absolute atomic E-state index is 6.24. The summed E-state index contributed by atoms with van der Waals surface area (Å²) in [6.07, 6.45) is 8.74.